The molecule has 0 spiro atoms. The maximum absolute atomic E-state index is 13.1. The average molecular weight is 519 g/mol. The van der Waals surface area contributed by atoms with E-state index in [1.807, 2.05) is 42.5 Å². The number of carbonyl (C=O) groups is 4. The number of amides is 2. The Hall–Kier alpha value is -4.66. The van der Waals surface area contributed by atoms with Gasteiger partial charge in [-0.2, -0.15) is 0 Å². The number of alkyl carbamates (subject to hydrolysis) is 1. The molecule has 0 aliphatic rings. The van der Waals surface area contributed by atoms with Gasteiger partial charge in [-0.15, -0.1) is 0 Å². The standard InChI is InChI=1S/C29H30N2O7/c32-26(37-19-22-12-6-2-7-13-22)17-16-24(28(34)35)30-27(33)25(18-21-10-4-1-5-11-21)31-29(36)38-20-23-14-8-3-9-15-23/h1-15,24-25H,16-20H2,(H,30,33)(H,31,36)(H,34,35)/t24-,25-/m0/s1. The van der Waals surface area contributed by atoms with Crippen LogP contribution >= 0.6 is 0 Å². The van der Waals surface area contributed by atoms with E-state index in [9.17, 15) is 24.3 Å². The highest BCUT2D eigenvalue weighted by molar-refractivity contribution is 5.89. The zero-order chi connectivity index (χ0) is 27.2. The first-order valence-corrected chi connectivity index (χ1v) is 12.1. The first-order valence-electron chi connectivity index (χ1n) is 12.1. The van der Waals surface area contributed by atoms with E-state index in [2.05, 4.69) is 10.6 Å². The molecule has 0 saturated heterocycles. The summed E-state index contributed by atoms with van der Waals surface area (Å²) < 4.78 is 10.4. The second kappa shape index (κ2) is 14.8. The quantitative estimate of drug-likeness (QED) is 0.295. The van der Waals surface area contributed by atoms with Crippen molar-refractivity contribution in [2.45, 2.75) is 44.6 Å². The number of esters is 1. The molecule has 2 atom stereocenters. The average Bonchev–Trinajstić information content (AvgIpc) is 2.94. The molecule has 3 N–H and O–H groups in total. The summed E-state index contributed by atoms with van der Waals surface area (Å²) in [5.74, 6) is -2.60. The summed E-state index contributed by atoms with van der Waals surface area (Å²) in [6, 6.07) is 24.6. The number of carboxylic acid groups (broad SMARTS) is 1. The van der Waals surface area contributed by atoms with Crippen molar-refractivity contribution in [1.82, 2.24) is 10.6 Å². The lowest BCUT2D eigenvalue weighted by atomic mass is 10.0. The van der Waals surface area contributed by atoms with E-state index in [1.54, 1.807) is 48.5 Å². The minimum atomic E-state index is -1.35. The van der Waals surface area contributed by atoms with Gasteiger partial charge in [0.25, 0.3) is 0 Å². The Morgan fingerprint density at radius 1 is 0.658 bits per heavy atom. The van der Waals surface area contributed by atoms with E-state index < -0.39 is 36.0 Å². The molecule has 3 aromatic carbocycles. The molecule has 0 aliphatic heterocycles. The fourth-order valence-electron chi connectivity index (χ4n) is 3.57. The van der Waals surface area contributed by atoms with Gasteiger partial charge < -0.3 is 25.2 Å². The molecule has 2 amide bonds. The van der Waals surface area contributed by atoms with Crippen LogP contribution in [0.4, 0.5) is 4.79 Å². The highest BCUT2D eigenvalue weighted by Gasteiger charge is 2.28. The molecule has 0 aromatic heterocycles. The molecular weight excluding hydrogens is 488 g/mol. The molecule has 9 heteroatoms. The molecule has 0 bridgehead atoms. The van der Waals surface area contributed by atoms with Crippen molar-refractivity contribution < 1.29 is 33.8 Å². The van der Waals surface area contributed by atoms with Crippen LogP contribution in [0.25, 0.3) is 0 Å². The number of benzene rings is 3. The maximum atomic E-state index is 13.1. The summed E-state index contributed by atoms with van der Waals surface area (Å²) >= 11 is 0. The van der Waals surface area contributed by atoms with Crippen molar-refractivity contribution in [1.29, 1.82) is 0 Å². The Morgan fingerprint density at radius 2 is 1.16 bits per heavy atom. The molecule has 0 unspecified atom stereocenters. The topological polar surface area (TPSA) is 131 Å². The van der Waals surface area contributed by atoms with Gasteiger partial charge in [0.2, 0.25) is 5.91 Å². The molecule has 198 valence electrons. The maximum Gasteiger partial charge on any atom is 0.408 e. The molecule has 0 saturated carbocycles. The number of ether oxygens (including phenoxy) is 2. The molecule has 0 aliphatic carbocycles. The number of nitrogens with one attached hydrogen (secondary N) is 2. The summed E-state index contributed by atoms with van der Waals surface area (Å²) in [5.41, 5.74) is 2.34. The minimum Gasteiger partial charge on any atom is -0.480 e. The summed E-state index contributed by atoms with van der Waals surface area (Å²) in [7, 11) is 0. The molecular formula is C29H30N2O7. The molecule has 3 rings (SSSR count). The van der Waals surface area contributed by atoms with Gasteiger partial charge in [0.1, 0.15) is 25.3 Å². The molecule has 0 radical (unpaired) electrons. The summed E-state index contributed by atoms with van der Waals surface area (Å²) in [4.78, 5) is 49.5. The van der Waals surface area contributed by atoms with Crippen LogP contribution < -0.4 is 10.6 Å². The lowest BCUT2D eigenvalue weighted by molar-refractivity contribution is -0.146. The summed E-state index contributed by atoms with van der Waals surface area (Å²) in [6.45, 7) is 0.0765. The van der Waals surface area contributed by atoms with E-state index >= 15 is 0 Å². The van der Waals surface area contributed by atoms with E-state index in [0.29, 0.717) is 0 Å². The van der Waals surface area contributed by atoms with Crippen LogP contribution in [-0.4, -0.2) is 41.1 Å². The van der Waals surface area contributed by atoms with Crippen LogP contribution in [-0.2, 0) is 43.5 Å². The Bertz CT molecular complexity index is 1190. The van der Waals surface area contributed by atoms with Crippen LogP contribution in [0, 0.1) is 0 Å². The number of carbonyl (C=O) groups excluding carboxylic acids is 3. The summed E-state index contributed by atoms with van der Waals surface area (Å²) in [5, 5.41) is 14.6. The van der Waals surface area contributed by atoms with Crippen molar-refractivity contribution in [3.63, 3.8) is 0 Å². The fourth-order valence-corrected chi connectivity index (χ4v) is 3.57. The Morgan fingerprint density at radius 3 is 1.68 bits per heavy atom. The van der Waals surface area contributed by atoms with E-state index in [-0.39, 0.29) is 32.5 Å². The third-order valence-electron chi connectivity index (χ3n) is 5.60. The lowest BCUT2D eigenvalue weighted by Gasteiger charge is -2.21. The van der Waals surface area contributed by atoms with Gasteiger partial charge in [-0.1, -0.05) is 91.0 Å². The summed E-state index contributed by atoms with van der Waals surface area (Å²) in [6.07, 6.45) is -1.09. The number of hydrogen-bond acceptors (Lipinski definition) is 6. The molecule has 38 heavy (non-hydrogen) atoms. The van der Waals surface area contributed by atoms with Gasteiger partial charge in [0.05, 0.1) is 0 Å². The molecule has 3 aromatic rings. The Labute approximate surface area is 220 Å². The number of aliphatic carboxylic acids is 1. The van der Waals surface area contributed by atoms with Crippen molar-refractivity contribution in [3.05, 3.63) is 108 Å². The zero-order valence-corrected chi connectivity index (χ0v) is 20.7. The van der Waals surface area contributed by atoms with Crippen LogP contribution in [0.5, 0.6) is 0 Å². The monoisotopic (exact) mass is 518 g/mol. The predicted molar refractivity (Wildman–Crippen MR) is 139 cm³/mol. The SMILES string of the molecule is O=C(CC[C@H](NC(=O)[C@H](Cc1ccccc1)NC(=O)OCc1ccccc1)C(=O)O)OCc1ccccc1. The zero-order valence-electron chi connectivity index (χ0n) is 20.7. The van der Waals surface area contributed by atoms with E-state index in [1.165, 1.54) is 0 Å². The van der Waals surface area contributed by atoms with Crippen LogP contribution in [0.3, 0.4) is 0 Å². The van der Waals surface area contributed by atoms with Crippen molar-refractivity contribution in [2.24, 2.45) is 0 Å². The Balaban J connectivity index is 1.57. The van der Waals surface area contributed by atoms with Crippen LogP contribution in [0.1, 0.15) is 29.5 Å². The van der Waals surface area contributed by atoms with Crippen LogP contribution in [0.15, 0.2) is 91.0 Å². The van der Waals surface area contributed by atoms with Gasteiger partial charge in [0.15, 0.2) is 0 Å². The third kappa shape index (κ3) is 9.77. The lowest BCUT2D eigenvalue weighted by Crippen LogP contribution is -2.52. The van der Waals surface area contributed by atoms with Gasteiger partial charge in [-0.3, -0.25) is 9.59 Å². The van der Waals surface area contributed by atoms with Crippen LogP contribution in [0.2, 0.25) is 0 Å². The molecule has 0 heterocycles. The smallest absolute Gasteiger partial charge is 0.408 e. The van der Waals surface area contributed by atoms with Crippen molar-refractivity contribution in [3.8, 4) is 0 Å². The fraction of sp³-hybridized carbons (Fsp3) is 0.241. The number of carboxylic acids is 1. The predicted octanol–water partition coefficient (Wildman–Crippen LogP) is 3.62. The highest BCUT2D eigenvalue weighted by Crippen LogP contribution is 2.08. The highest BCUT2D eigenvalue weighted by atomic mass is 16.5. The Kier molecular flexibility index (Phi) is 10.9. The van der Waals surface area contributed by atoms with Gasteiger partial charge in [-0.25, -0.2) is 9.59 Å². The third-order valence-corrected chi connectivity index (χ3v) is 5.60. The number of rotatable bonds is 13. The van der Waals surface area contributed by atoms with Crippen molar-refractivity contribution in [2.75, 3.05) is 0 Å². The van der Waals surface area contributed by atoms with E-state index in [4.69, 9.17) is 9.47 Å². The largest absolute Gasteiger partial charge is 0.480 e. The second-order valence-corrected chi connectivity index (χ2v) is 8.53. The van der Waals surface area contributed by atoms with Gasteiger partial charge >= 0.3 is 18.0 Å². The van der Waals surface area contributed by atoms with Gasteiger partial charge in [0, 0.05) is 12.8 Å². The molecule has 9 nitrogen and oxygen atoms in total. The normalized spacial score (nSPS) is 12.0. The van der Waals surface area contributed by atoms with Crippen molar-refractivity contribution >= 4 is 23.9 Å². The first kappa shape index (κ1) is 27.9. The minimum absolute atomic E-state index is 0.00912. The second-order valence-electron chi connectivity index (χ2n) is 8.53. The van der Waals surface area contributed by atoms with E-state index in [0.717, 1.165) is 16.7 Å². The number of hydrogen-bond donors (Lipinski definition) is 3. The molecule has 0 fully saturated rings. The van der Waals surface area contributed by atoms with Gasteiger partial charge in [-0.05, 0) is 23.1 Å². The first-order chi connectivity index (χ1) is 18.4.